The number of hydrogen-bond donors (Lipinski definition) is 0. The molecule has 2 nitrogen and oxygen atoms in total. The van der Waals surface area contributed by atoms with Gasteiger partial charge in [-0.1, -0.05) is 15.9 Å². The third-order valence-electron chi connectivity index (χ3n) is 2.08. The Balaban J connectivity index is 2.84. The molecule has 3 heteroatoms. The zero-order valence-electron chi connectivity index (χ0n) is 7.62. The predicted molar refractivity (Wildman–Crippen MR) is 59.4 cm³/mol. The van der Waals surface area contributed by atoms with Crippen molar-refractivity contribution < 1.29 is 4.79 Å². The zero-order chi connectivity index (χ0) is 10.1. The average Bonchev–Trinajstić information content (AvgIpc) is 2.16. The second kappa shape index (κ2) is 3.50. The molecular formula is C11H8BrNO. The lowest BCUT2D eigenvalue weighted by molar-refractivity contribution is 0.101. The van der Waals surface area contributed by atoms with Gasteiger partial charge in [-0.05, 0) is 31.2 Å². The van der Waals surface area contributed by atoms with Crippen molar-refractivity contribution in [1.82, 2.24) is 4.98 Å². The van der Waals surface area contributed by atoms with E-state index in [0.29, 0.717) is 0 Å². The fraction of sp³-hybridized carbons (Fsp3) is 0.0909. The Kier molecular flexibility index (Phi) is 2.33. The van der Waals surface area contributed by atoms with E-state index >= 15 is 0 Å². The summed E-state index contributed by atoms with van der Waals surface area (Å²) in [5.74, 6) is 0.0653. The molecule has 0 N–H and O–H groups in total. The van der Waals surface area contributed by atoms with Crippen LogP contribution < -0.4 is 0 Å². The number of hydrogen-bond acceptors (Lipinski definition) is 2. The van der Waals surface area contributed by atoms with Crippen LogP contribution in [0.15, 0.2) is 34.9 Å². The molecule has 0 bridgehead atoms. The van der Waals surface area contributed by atoms with E-state index in [0.717, 1.165) is 20.9 Å². The summed E-state index contributed by atoms with van der Waals surface area (Å²) in [6, 6.07) is 7.47. The Morgan fingerprint density at radius 2 is 2.14 bits per heavy atom. The molecule has 2 aromatic rings. The van der Waals surface area contributed by atoms with Crippen LogP contribution in [0.2, 0.25) is 0 Å². The number of ketones is 1. The molecule has 0 amide bonds. The molecule has 0 fully saturated rings. The van der Waals surface area contributed by atoms with Gasteiger partial charge in [-0.3, -0.25) is 9.78 Å². The molecule has 2 rings (SSSR count). The molecule has 0 unspecified atom stereocenters. The Bertz CT molecular complexity index is 508. The normalized spacial score (nSPS) is 10.4. The minimum absolute atomic E-state index is 0.0653. The summed E-state index contributed by atoms with van der Waals surface area (Å²) in [5, 5.41) is 0.898. The summed E-state index contributed by atoms with van der Waals surface area (Å²) in [6.07, 6.45) is 1.66. The molecule has 0 radical (unpaired) electrons. The highest BCUT2D eigenvalue weighted by Crippen LogP contribution is 2.21. The van der Waals surface area contributed by atoms with Gasteiger partial charge < -0.3 is 0 Å². The highest BCUT2D eigenvalue weighted by atomic mass is 79.9. The first-order chi connectivity index (χ1) is 6.68. The van der Waals surface area contributed by atoms with Gasteiger partial charge in [0.25, 0.3) is 0 Å². The monoisotopic (exact) mass is 249 g/mol. The molecule has 14 heavy (non-hydrogen) atoms. The first-order valence-electron chi connectivity index (χ1n) is 4.23. The Morgan fingerprint density at radius 3 is 2.86 bits per heavy atom. The smallest absolute Gasteiger partial charge is 0.160 e. The molecule has 0 aliphatic rings. The Hall–Kier alpha value is -1.22. The molecule has 1 heterocycles. The fourth-order valence-corrected chi connectivity index (χ4v) is 1.79. The van der Waals surface area contributed by atoms with Crippen LogP contribution in [0.25, 0.3) is 10.9 Å². The number of rotatable bonds is 1. The maximum atomic E-state index is 11.3. The van der Waals surface area contributed by atoms with E-state index in [9.17, 15) is 4.79 Å². The number of Topliss-reactive ketones (excluding diaryl/α,β-unsaturated/α-hetero) is 1. The Labute approximate surface area is 90.1 Å². The minimum Gasteiger partial charge on any atom is -0.294 e. The van der Waals surface area contributed by atoms with Crippen LogP contribution in [-0.4, -0.2) is 10.8 Å². The van der Waals surface area contributed by atoms with Crippen molar-refractivity contribution in [3.63, 3.8) is 0 Å². The molecule has 0 atom stereocenters. The molecule has 0 aliphatic heterocycles. The lowest BCUT2D eigenvalue weighted by atomic mass is 10.1. The van der Waals surface area contributed by atoms with Crippen molar-refractivity contribution in [3.8, 4) is 0 Å². The van der Waals surface area contributed by atoms with E-state index in [2.05, 4.69) is 20.9 Å². The summed E-state index contributed by atoms with van der Waals surface area (Å²) in [4.78, 5) is 15.5. The highest BCUT2D eigenvalue weighted by molar-refractivity contribution is 9.10. The first-order valence-corrected chi connectivity index (χ1v) is 5.03. The number of nitrogens with zero attached hydrogens (tertiary/aromatic N) is 1. The van der Waals surface area contributed by atoms with Crippen LogP contribution in [-0.2, 0) is 0 Å². The number of benzene rings is 1. The molecule has 0 aliphatic carbocycles. The van der Waals surface area contributed by atoms with Crippen LogP contribution in [0.4, 0.5) is 0 Å². The third-order valence-corrected chi connectivity index (χ3v) is 2.58. The predicted octanol–water partition coefficient (Wildman–Crippen LogP) is 3.20. The molecule has 0 saturated carbocycles. The maximum absolute atomic E-state index is 11.3. The molecule has 1 aromatic heterocycles. The van der Waals surface area contributed by atoms with E-state index in [-0.39, 0.29) is 5.78 Å². The average molecular weight is 250 g/mol. The van der Waals surface area contributed by atoms with E-state index in [4.69, 9.17) is 0 Å². The van der Waals surface area contributed by atoms with Gasteiger partial charge in [0.15, 0.2) is 5.78 Å². The van der Waals surface area contributed by atoms with Crippen molar-refractivity contribution in [3.05, 3.63) is 40.5 Å². The van der Waals surface area contributed by atoms with Gasteiger partial charge in [0.05, 0.1) is 5.52 Å². The lowest BCUT2D eigenvalue weighted by Gasteiger charge is -2.02. The summed E-state index contributed by atoms with van der Waals surface area (Å²) in [5.41, 5.74) is 1.57. The maximum Gasteiger partial charge on any atom is 0.160 e. The number of carbonyl (C=O) groups excluding carboxylic acids is 1. The molecule has 1 aromatic carbocycles. The number of carbonyl (C=O) groups is 1. The van der Waals surface area contributed by atoms with Crippen LogP contribution in [0.3, 0.4) is 0 Å². The van der Waals surface area contributed by atoms with Gasteiger partial charge >= 0.3 is 0 Å². The first kappa shape index (κ1) is 9.34. The summed E-state index contributed by atoms with van der Waals surface area (Å²) in [6.45, 7) is 1.57. The quantitative estimate of drug-likeness (QED) is 0.727. The van der Waals surface area contributed by atoms with Crippen molar-refractivity contribution in [2.45, 2.75) is 6.92 Å². The minimum atomic E-state index is 0.0653. The van der Waals surface area contributed by atoms with Crippen LogP contribution >= 0.6 is 15.9 Å². The van der Waals surface area contributed by atoms with Crippen LogP contribution in [0.5, 0.6) is 0 Å². The summed E-state index contributed by atoms with van der Waals surface area (Å²) < 4.78 is 0.959. The molecule has 0 saturated heterocycles. The molecular weight excluding hydrogens is 242 g/mol. The van der Waals surface area contributed by atoms with E-state index in [1.54, 1.807) is 19.2 Å². The number of aromatic nitrogens is 1. The topological polar surface area (TPSA) is 30.0 Å². The SMILES string of the molecule is CC(=O)c1ccnc2ccc(Br)cc12. The van der Waals surface area contributed by atoms with Crippen molar-refractivity contribution in [2.24, 2.45) is 0 Å². The van der Waals surface area contributed by atoms with Gasteiger partial charge in [-0.25, -0.2) is 0 Å². The van der Waals surface area contributed by atoms with Gasteiger partial charge in [0.2, 0.25) is 0 Å². The lowest BCUT2D eigenvalue weighted by Crippen LogP contribution is -1.94. The zero-order valence-corrected chi connectivity index (χ0v) is 9.21. The van der Waals surface area contributed by atoms with E-state index in [1.165, 1.54) is 0 Å². The second-order valence-electron chi connectivity index (χ2n) is 3.08. The van der Waals surface area contributed by atoms with Gasteiger partial charge in [-0.15, -0.1) is 0 Å². The number of fused-ring (bicyclic) bond motifs is 1. The number of halogens is 1. The second-order valence-corrected chi connectivity index (χ2v) is 3.99. The third kappa shape index (κ3) is 1.55. The summed E-state index contributed by atoms with van der Waals surface area (Å²) in [7, 11) is 0. The fourth-order valence-electron chi connectivity index (χ4n) is 1.43. The molecule has 70 valence electrons. The van der Waals surface area contributed by atoms with Crippen molar-refractivity contribution >= 4 is 32.6 Å². The van der Waals surface area contributed by atoms with Crippen molar-refractivity contribution in [2.75, 3.05) is 0 Å². The van der Waals surface area contributed by atoms with Crippen LogP contribution in [0.1, 0.15) is 17.3 Å². The molecule has 0 spiro atoms. The standard InChI is InChI=1S/C11H8BrNO/c1-7(14)9-4-5-13-11-3-2-8(12)6-10(9)11/h2-6H,1H3. The van der Waals surface area contributed by atoms with Gasteiger partial charge in [0.1, 0.15) is 0 Å². The van der Waals surface area contributed by atoms with E-state index < -0.39 is 0 Å². The van der Waals surface area contributed by atoms with Gasteiger partial charge in [-0.2, -0.15) is 0 Å². The highest BCUT2D eigenvalue weighted by Gasteiger charge is 2.05. The van der Waals surface area contributed by atoms with Crippen molar-refractivity contribution in [1.29, 1.82) is 0 Å². The van der Waals surface area contributed by atoms with Crippen LogP contribution in [0, 0.1) is 0 Å². The largest absolute Gasteiger partial charge is 0.294 e. The van der Waals surface area contributed by atoms with E-state index in [1.807, 2.05) is 18.2 Å². The summed E-state index contributed by atoms with van der Waals surface area (Å²) >= 11 is 3.38. The number of pyridine rings is 1. The van der Waals surface area contributed by atoms with Gasteiger partial charge in [0, 0.05) is 21.6 Å². The Morgan fingerprint density at radius 1 is 1.36 bits per heavy atom.